The van der Waals surface area contributed by atoms with Gasteiger partial charge in [-0.05, 0) is 51.4 Å². The zero-order valence-corrected chi connectivity index (χ0v) is 17.0. The largest absolute Gasteiger partial charge is 0.458 e. The first-order valence-electron chi connectivity index (χ1n) is 9.00. The van der Waals surface area contributed by atoms with Gasteiger partial charge in [0.05, 0.1) is 5.41 Å². The maximum absolute atomic E-state index is 13.5. The third-order valence-corrected chi connectivity index (χ3v) is 6.33. The number of rotatable bonds is 6. The van der Waals surface area contributed by atoms with E-state index >= 15 is 0 Å². The molecule has 7 nitrogen and oxygen atoms in total. The van der Waals surface area contributed by atoms with Gasteiger partial charge in [-0.1, -0.05) is 13.5 Å². The van der Waals surface area contributed by atoms with Crippen LogP contribution >= 0.6 is 0 Å². The van der Waals surface area contributed by atoms with Gasteiger partial charge in [-0.3, -0.25) is 9.35 Å². The SMILES string of the molecule is C=C(C)C(=O)OC1(C)CC2CC(C)CC(C(=O)OCC(F)(F)S(=O)(=O)O)(C2)C1. The molecular formula is C18H26F2O7S. The van der Waals surface area contributed by atoms with Crippen molar-refractivity contribution in [1.82, 2.24) is 0 Å². The lowest BCUT2D eigenvalue weighted by atomic mass is 9.55. The molecule has 0 aromatic rings. The summed E-state index contributed by atoms with van der Waals surface area (Å²) in [6.07, 6.45) is 2.12. The lowest BCUT2D eigenvalue weighted by Gasteiger charge is -2.52. The first-order valence-corrected chi connectivity index (χ1v) is 10.4. The molecule has 4 atom stereocenters. The summed E-state index contributed by atoms with van der Waals surface area (Å²) in [6, 6.07) is 0. The topological polar surface area (TPSA) is 107 Å². The van der Waals surface area contributed by atoms with E-state index in [4.69, 9.17) is 9.29 Å². The number of halogens is 2. The number of carbonyl (C=O) groups is 2. The second-order valence-electron chi connectivity index (χ2n) is 8.58. The summed E-state index contributed by atoms with van der Waals surface area (Å²) in [5.41, 5.74) is -1.96. The van der Waals surface area contributed by atoms with Gasteiger partial charge in [-0.2, -0.15) is 17.2 Å². The van der Waals surface area contributed by atoms with Crippen molar-refractivity contribution in [3.63, 3.8) is 0 Å². The second-order valence-corrected chi connectivity index (χ2v) is 10.1. The number of alkyl halides is 2. The van der Waals surface area contributed by atoms with Crippen LogP contribution in [0.3, 0.4) is 0 Å². The average Bonchev–Trinajstić information content (AvgIpc) is 2.49. The average molecular weight is 424 g/mol. The van der Waals surface area contributed by atoms with Crippen LogP contribution in [-0.2, 0) is 29.2 Å². The Morgan fingerprint density at radius 2 is 1.89 bits per heavy atom. The molecule has 28 heavy (non-hydrogen) atoms. The Kier molecular flexibility index (Phi) is 5.98. The van der Waals surface area contributed by atoms with Crippen molar-refractivity contribution in [3.8, 4) is 0 Å². The first-order chi connectivity index (χ1) is 12.6. The Labute approximate surface area is 163 Å². The normalized spacial score (nSPS) is 33.1. The number of ether oxygens (including phenoxy) is 2. The Morgan fingerprint density at radius 3 is 2.43 bits per heavy atom. The quantitative estimate of drug-likeness (QED) is 0.397. The highest BCUT2D eigenvalue weighted by Gasteiger charge is 2.57. The fourth-order valence-corrected chi connectivity index (χ4v) is 4.95. The molecule has 2 fully saturated rings. The Morgan fingerprint density at radius 1 is 1.29 bits per heavy atom. The van der Waals surface area contributed by atoms with Crippen LogP contribution in [0, 0.1) is 17.3 Å². The standard InChI is InChI=1S/C18H26F2O7S/c1-11(2)14(21)27-16(4)7-13-5-12(3)6-17(8-13,9-16)15(22)26-10-18(19,20)28(23,24)25/h12-13H,1,5-10H2,2-4H3,(H,23,24,25). The van der Waals surface area contributed by atoms with Crippen LogP contribution in [0.4, 0.5) is 8.78 Å². The van der Waals surface area contributed by atoms with Gasteiger partial charge in [0.15, 0.2) is 6.61 Å². The Hall–Kier alpha value is -1.55. The molecule has 10 heteroatoms. The van der Waals surface area contributed by atoms with Crippen LogP contribution in [-0.4, -0.2) is 42.4 Å². The van der Waals surface area contributed by atoms with E-state index in [0.717, 1.165) is 6.42 Å². The zero-order valence-electron chi connectivity index (χ0n) is 16.2. The van der Waals surface area contributed by atoms with Gasteiger partial charge in [-0.25, -0.2) is 4.79 Å². The molecule has 0 saturated heterocycles. The van der Waals surface area contributed by atoms with E-state index in [1.54, 1.807) is 6.92 Å². The molecule has 2 aliphatic carbocycles. The molecular weight excluding hydrogens is 398 g/mol. The number of esters is 2. The second kappa shape index (κ2) is 7.37. The van der Waals surface area contributed by atoms with Crippen LogP contribution in [0.1, 0.15) is 52.9 Å². The third kappa shape index (κ3) is 4.71. The molecule has 0 heterocycles. The van der Waals surface area contributed by atoms with Crippen LogP contribution in [0.5, 0.6) is 0 Å². The number of carbonyl (C=O) groups excluding carboxylic acids is 2. The number of fused-ring (bicyclic) bond motifs is 2. The maximum Gasteiger partial charge on any atom is 0.402 e. The highest BCUT2D eigenvalue weighted by Crippen LogP contribution is 2.55. The molecule has 0 amide bonds. The summed E-state index contributed by atoms with van der Waals surface area (Å²) >= 11 is 0. The van der Waals surface area contributed by atoms with Gasteiger partial charge >= 0.3 is 27.3 Å². The summed E-state index contributed by atoms with van der Waals surface area (Å²) in [5, 5.41) is -4.59. The van der Waals surface area contributed by atoms with Crippen molar-refractivity contribution < 1.29 is 40.8 Å². The zero-order chi connectivity index (χ0) is 21.5. The molecule has 2 bridgehead atoms. The summed E-state index contributed by atoms with van der Waals surface area (Å²) in [5.74, 6) is -1.42. The molecule has 2 saturated carbocycles. The monoisotopic (exact) mass is 424 g/mol. The molecule has 0 spiro atoms. The molecule has 160 valence electrons. The smallest absolute Gasteiger partial charge is 0.402 e. The lowest BCUT2D eigenvalue weighted by molar-refractivity contribution is -0.188. The highest BCUT2D eigenvalue weighted by molar-refractivity contribution is 7.86. The lowest BCUT2D eigenvalue weighted by Crippen LogP contribution is -2.53. The minimum absolute atomic E-state index is 0.0232. The van der Waals surface area contributed by atoms with Crippen molar-refractivity contribution >= 4 is 22.1 Å². The minimum atomic E-state index is -5.70. The van der Waals surface area contributed by atoms with Gasteiger partial charge < -0.3 is 9.47 Å². The fraction of sp³-hybridized carbons (Fsp3) is 0.778. The van der Waals surface area contributed by atoms with Gasteiger partial charge in [0.2, 0.25) is 0 Å². The molecule has 2 aliphatic rings. The molecule has 2 rings (SSSR count). The van der Waals surface area contributed by atoms with Crippen molar-refractivity contribution in [2.45, 2.75) is 63.7 Å². The van der Waals surface area contributed by atoms with Crippen LogP contribution in [0.2, 0.25) is 0 Å². The number of hydrogen-bond acceptors (Lipinski definition) is 6. The summed E-state index contributed by atoms with van der Waals surface area (Å²) in [6.45, 7) is 6.89. The van der Waals surface area contributed by atoms with E-state index in [-0.39, 0.29) is 23.8 Å². The van der Waals surface area contributed by atoms with E-state index in [1.807, 2.05) is 6.92 Å². The maximum atomic E-state index is 13.5. The van der Waals surface area contributed by atoms with Crippen LogP contribution < -0.4 is 0 Å². The predicted molar refractivity (Wildman–Crippen MR) is 94.9 cm³/mol. The van der Waals surface area contributed by atoms with Crippen LogP contribution in [0.15, 0.2) is 12.2 Å². The molecule has 0 aromatic heterocycles. The number of hydrogen-bond donors (Lipinski definition) is 1. The van der Waals surface area contributed by atoms with E-state index < -0.39 is 44.9 Å². The Balaban J connectivity index is 2.24. The third-order valence-electron chi connectivity index (χ3n) is 5.46. The van der Waals surface area contributed by atoms with E-state index in [1.165, 1.54) is 6.92 Å². The predicted octanol–water partition coefficient (Wildman–Crippen LogP) is 3.10. The van der Waals surface area contributed by atoms with Crippen molar-refractivity contribution in [2.75, 3.05) is 6.61 Å². The molecule has 0 aromatic carbocycles. The van der Waals surface area contributed by atoms with Crippen molar-refractivity contribution in [2.24, 2.45) is 17.3 Å². The van der Waals surface area contributed by atoms with Crippen LogP contribution in [0.25, 0.3) is 0 Å². The molecule has 0 radical (unpaired) electrons. The van der Waals surface area contributed by atoms with Gasteiger partial charge in [0.25, 0.3) is 0 Å². The molecule has 4 unspecified atom stereocenters. The molecule has 1 N–H and O–H groups in total. The van der Waals surface area contributed by atoms with Gasteiger partial charge in [0, 0.05) is 12.0 Å². The van der Waals surface area contributed by atoms with E-state index in [9.17, 15) is 26.8 Å². The van der Waals surface area contributed by atoms with E-state index in [0.29, 0.717) is 19.3 Å². The van der Waals surface area contributed by atoms with Gasteiger partial charge in [-0.15, -0.1) is 0 Å². The van der Waals surface area contributed by atoms with Crippen molar-refractivity contribution in [1.29, 1.82) is 0 Å². The highest BCUT2D eigenvalue weighted by atomic mass is 32.2. The van der Waals surface area contributed by atoms with Crippen molar-refractivity contribution in [3.05, 3.63) is 12.2 Å². The van der Waals surface area contributed by atoms with Gasteiger partial charge in [0.1, 0.15) is 5.60 Å². The first kappa shape index (κ1) is 22.7. The minimum Gasteiger partial charge on any atom is -0.458 e. The molecule has 0 aliphatic heterocycles. The Bertz CT molecular complexity index is 775. The summed E-state index contributed by atoms with van der Waals surface area (Å²) in [4.78, 5) is 24.8. The summed E-state index contributed by atoms with van der Waals surface area (Å²) < 4.78 is 67.2. The summed E-state index contributed by atoms with van der Waals surface area (Å²) in [7, 11) is -5.70. The van der Waals surface area contributed by atoms with E-state index in [2.05, 4.69) is 11.3 Å². The fourth-order valence-electron chi connectivity index (χ4n) is 4.74.